The maximum atomic E-state index is 5.96. The van der Waals surface area contributed by atoms with Crippen LogP contribution in [0.1, 0.15) is 44.6 Å². The quantitative estimate of drug-likeness (QED) is 0.837. The molecule has 1 aliphatic carbocycles. The summed E-state index contributed by atoms with van der Waals surface area (Å²) in [6.07, 6.45) is 6.41. The molecule has 2 N–H and O–H groups in total. The number of halogens is 1. The van der Waals surface area contributed by atoms with Crippen LogP contribution >= 0.6 is 11.6 Å². The maximum absolute atomic E-state index is 5.96. The van der Waals surface area contributed by atoms with Gasteiger partial charge in [0.05, 0.1) is 0 Å². The summed E-state index contributed by atoms with van der Waals surface area (Å²) in [4.78, 5) is 0. The van der Waals surface area contributed by atoms with Gasteiger partial charge in [-0.25, -0.2) is 0 Å². The van der Waals surface area contributed by atoms with Gasteiger partial charge in [0.15, 0.2) is 0 Å². The van der Waals surface area contributed by atoms with Gasteiger partial charge in [0, 0.05) is 5.02 Å². The Labute approximate surface area is 109 Å². The van der Waals surface area contributed by atoms with Crippen LogP contribution in [0.25, 0.3) is 0 Å². The predicted octanol–water partition coefficient (Wildman–Crippen LogP) is 4.14. The Bertz CT molecular complexity index is 354. The van der Waals surface area contributed by atoms with Crippen LogP contribution in [0, 0.1) is 5.92 Å². The molecule has 2 heteroatoms. The second kappa shape index (κ2) is 5.41. The maximum Gasteiger partial charge on any atom is 0.0406 e. The minimum absolute atomic E-state index is 0.416. The van der Waals surface area contributed by atoms with Crippen LogP contribution in [0.5, 0.6) is 0 Å². The average Bonchev–Trinajstić information content (AvgIpc) is 2.25. The van der Waals surface area contributed by atoms with Crippen molar-refractivity contribution in [2.45, 2.75) is 44.4 Å². The largest absolute Gasteiger partial charge is 0.330 e. The first-order chi connectivity index (χ1) is 8.16. The summed E-state index contributed by atoms with van der Waals surface area (Å²) in [5, 5.41) is 0.832. The summed E-state index contributed by atoms with van der Waals surface area (Å²) in [6, 6.07) is 8.45. The first-order valence-corrected chi connectivity index (χ1v) is 7.00. The van der Waals surface area contributed by atoms with Gasteiger partial charge in [-0.15, -0.1) is 0 Å². The molecule has 2 rings (SSSR count). The molecule has 0 bridgehead atoms. The zero-order valence-corrected chi connectivity index (χ0v) is 11.3. The van der Waals surface area contributed by atoms with E-state index < -0.39 is 0 Å². The highest BCUT2D eigenvalue weighted by Crippen LogP contribution is 2.48. The van der Waals surface area contributed by atoms with E-state index in [4.69, 9.17) is 17.3 Å². The lowest BCUT2D eigenvalue weighted by atomic mass is 9.60. The highest BCUT2D eigenvalue weighted by molar-refractivity contribution is 6.30. The molecule has 1 nitrogen and oxygen atoms in total. The molecule has 1 aliphatic rings. The van der Waals surface area contributed by atoms with Gasteiger partial charge in [-0.1, -0.05) is 37.1 Å². The number of hydrogen-bond acceptors (Lipinski definition) is 1. The van der Waals surface area contributed by atoms with Crippen molar-refractivity contribution < 1.29 is 0 Å². The van der Waals surface area contributed by atoms with Crippen LogP contribution in [0.15, 0.2) is 24.3 Å². The molecule has 0 aliphatic heterocycles. The Hall–Kier alpha value is -0.530. The molecule has 0 spiro atoms. The van der Waals surface area contributed by atoms with Crippen LogP contribution in [0.2, 0.25) is 5.02 Å². The Morgan fingerprint density at radius 3 is 2.41 bits per heavy atom. The molecule has 1 aromatic rings. The van der Waals surface area contributed by atoms with Crippen molar-refractivity contribution in [2.75, 3.05) is 6.54 Å². The van der Waals surface area contributed by atoms with Crippen molar-refractivity contribution in [3.05, 3.63) is 34.9 Å². The van der Waals surface area contributed by atoms with Crippen molar-refractivity contribution >= 4 is 11.6 Å². The first kappa shape index (κ1) is 12.9. The van der Waals surface area contributed by atoms with Gasteiger partial charge in [0.2, 0.25) is 0 Å². The molecule has 1 saturated carbocycles. The topological polar surface area (TPSA) is 26.0 Å². The third-order valence-electron chi connectivity index (χ3n) is 4.17. The van der Waals surface area contributed by atoms with Crippen molar-refractivity contribution in [2.24, 2.45) is 11.7 Å². The molecule has 0 unspecified atom stereocenters. The van der Waals surface area contributed by atoms with Crippen LogP contribution < -0.4 is 5.73 Å². The molecule has 1 fully saturated rings. The van der Waals surface area contributed by atoms with Gasteiger partial charge in [-0.3, -0.25) is 0 Å². The number of nitrogens with two attached hydrogens (primary N) is 1. The summed E-state index contributed by atoms with van der Waals surface area (Å²) >= 11 is 5.96. The van der Waals surface area contributed by atoms with E-state index in [-0.39, 0.29) is 0 Å². The Morgan fingerprint density at radius 1 is 1.29 bits per heavy atom. The third kappa shape index (κ3) is 2.83. The SMILES string of the molecule is C[C@@H](CCN)CC1(c2ccc(Cl)cc2)CCC1. The second-order valence-electron chi connectivity index (χ2n) is 5.53. The average molecular weight is 252 g/mol. The van der Waals surface area contributed by atoms with E-state index in [9.17, 15) is 0 Å². The molecule has 1 aromatic carbocycles. The van der Waals surface area contributed by atoms with Crippen LogP contribution in [-0.2, 0) is 5.41 Å². The number of benzene rings is 1. The highest BCUT2D eigenvalue weighted by atomic mass is 35.5. The van der Waals surface area contributed by atoms with Gasteiger partial charge in [-0.2, -0.15) is 0 Å². The number of hydrogen-bond donors (Lipinski definition) is 1. The zero-order valence-electron chi connectivity index (χ0n) is 10.6. The summed E-state index contributed by atoms with van der Waals surface area (Å²) < 4.78 is 0. The van der Waals surface area contributed by atoms with Crippen LogP contribution in [0.3, 0.4) is 0 Å². The fraction of sp³-hybridized carbons (Fsp3) is 0.600. The monoisotopic (exact) mass is 251 g/mol. The van der Waals surface area contributed by atoms with Crippen LogP contribution in [0.4, 0.5) is 0 Å². The molecule has 94 valence electrons. The van der Waals surface area contributed by atoms with E-state index >= 15 is 0 Å². The standard InChI is InChI=1S/C15H22ClN/c1-12(7-10-17)11-15(8-2-9-15)13-3-5-14(16)6-4-13/h3-6,12H,2,7-11,17H2,1H3/t12-/m0/s1. The smallest absolute Gasteiger partial charge is 0.0406 e. The molecule has 0 aromatic heterocycles. The third-order valence-corrected chi connectivity index (χ3v) is 4.42. The predicted molar refractivity (Wildman–Crippen MR) is 74.4 cm³/mol. The molecule has 0 heterocycles. The summed E-state index contributed by atoms with van der Waals surface area (Å²) in [5.74, 6) is 0.718. The van der Waals surface area contributed by atoms with Crippen LogP contribution in [-0.4, -0.2) is 6.54 Å². The Balaban J connectivity index is 2.11. The minimum Gasteiger partial charge on any atom is -0.330 e. The Morgan fingerprint density at radius 2 is 1.94 bits per heavy atom. The normalized spacial score (nSPS) is 19.7. The van der Waals surface area contributed by atoms with Gasteiger partial charge < -0.3 is 5.73 Å². The van der Waals surface area contributed by atoms with E-state index in [2.05, 4.69) is 19.1 Å². The van der Waals surface area contributed by atoms with E-state index in [1.807, 2.05) is 12.1 Å². The molecular formula is C15H22ClN. The van der Waals surface area contributed by atoms with Crippen molar-refractivity contribution in [3.8, 4) is 0 Å². The second-order valence-corrected chi connectivity index (χ2v) is 5.96. The molecule has 17 heavy (non-hydrogen) atoms. The van der Waals surface area contributed by atoms with E-state index in [0.29, 0.717) is 5.41 Å². The fourth-order valence-corrected chi connectivity index (χ4v) is 3.20. The van der Waals surface area contributed by atoms with Crippen molar-refractivity contribution in [3.63, 3.8) is 0 Å². The van der Waals surface area contributed by atoms with Gasteiger partial charge >= 0.3 is 0 Å². The van der Waals surface area contributed by atoms with E-state index in [0.717, 1.165) is 23.9 Å². The molecule has 0 saturated heterocycles. The van der Waals surface area contributed by atoms with E-state index in [1.54, 1.807) is 0 Å². The molecule has 0 radical (unpaired) electrons. The van der Waals surface area contributed by atoms with Gasteiger partial charge in [0.1, 0.15) is 0 Å². The highest BCUT2D eigenvalue weighted by Gasteiger charge is 2.39. The lowest BCUT2D eigenvalue weighted by Crippen LogP contribution is -2.36. The lowest BCUT2D eigenvalue weighted by molar-refractivity contribution is 0.191. The molecular weight excluding hydrogens is 230 g/mol. The molecule has 1 atom stereocenters. The van der Waals surface area contributed by atoms with E-state index in [1.165, 1.54) is 31.2 Å². The van der Waals surface area contributed by atoms with Gasteiger partial charge in [0.25, 0.3) is 0 Å². The summed E-state index contributed by atoms with van der Waals surface area (Å²) in [7, 11) is 0. The first-order valence-electron chi connectivity index (χ1n) is 6.62. The summed E-state index contributed by atoms with van der Waals surface area (Å²) in [6.45, 7) is 3.13. The van der Waals surface area contributed by atoms with Gasteiger partial charge in [-0.05, 0) is 61.3 Å². The summed E-state index contributed by atoms with van der Waals surface area (Å²) in [5.41, 5.74) is 7.53. The lowest BCUT2D eigenvalue weighted by Gasteiger charge is -2.44. The Kier molecular flexibility index (Phi) is 4.11. The zero-order chi connectivity index (χ0) is 12.3. The minimum atomic E-state index is 0.416. The number of rotatable bonds is 5. The van der Waals surface area contributed by atoms with Crippen molar-refractivity contribution in [1.29, 1.82) is 0 Å². The fourth-order valence-electron chi connectivity index (χ4n) is 3.07. The van der Waals surface area contributed by atoms with Crippen molar-refractivity contribution in [1.82, 2.24) is 0 Å². The molecule has 0 amide bonds.